The second-order valence-electron chi connectivity index (χ2n) is 8.12. The van der Waals surface area contributed by atoms with Gasteiger partial charge in [-0.1, -0.05) is 36.4 Å². The van der Waals surface area contributed by atoms with E-state index in [-0.39, 0.29) is 11.6 Å². The zero-order valence-electron chi connectivity index (χ0n) is 19.4. The van der Waals surface area contributed by atoms with E-state index >= 15 is 0 Å². The van der Waals surface area contributed by atoms with Crippen molar-refractivity contribution >= 4 is 51.8 Å². The second kappa shape index (κ2) is 16.7. The summed E-state index contributed by atoms with van der Waals surface area (Å²) in [4.78, 5) is 0. The summed E-state index contributed by atoms with van der Waals surface area (Å²) in [5, 5.41) is 0. The van der Waals surface area contributed by atoms with Crippen molar-refractivity contribution < 1.29 is 32.2 Å². The third-order valence-corrected chi connectivity index (χ3v) is 4.91. The van der Waals surface area contributed by atoms with Gasteiger partial charge in [0.05, 0.1) is 21.1 Å². The number of halogens is 6. The van der Waals surface area contributed by atoms with Crippen LogP contribution in [0.3, 0.4) is 0 Å². The van der Waals surface area contributed by atoms with E-state index in [1.165, 1.54) is 17.7 Å². The van der Waals surface area contributed by atoms with Crippen LogP contribution in [0.2, 0.25) is 0 Å². The van der Waals surface area contributed by atoms with Crippen molar-refractivity contribution in [3.8, 4) is 0 Å². The van der Waals surface area contributed by atoms with Gasteiger partial charge in [-0.05, 0) is 71.8 Å². The number of nitrogen functional groups attached to an aromatic ring is 2. The maximum absolute atomic E-state index is 12.7. The molecular weight excluding hydrogens is 693 g/mol. The number of rotatable bonds is 2. The summed E-state index contributed by atoms with van der Waals surface area (Å²) in [6, 6.07) is 18.3. The van der Waals surface area contributed by atoms with Crippen LogP contribution >= 0.6 is 40.4 Å². The molecule has 0 atom stereocenters. The van der Waals surface area contributed by atoms with Crippen LogP contribution < -0.4 is 30.4 Å². The summed E-state index contributed by atoms with van der Waals surface area (Å²) in [5.74, 6) is -0.479. The predicted octanol–water partition coefficient (Wildman–Crippen LogP) is 4.31. The number of aryl methyl sites for hydroxylation is 2. The van der Waals surface area contributed by atoms with Crippen LogP contribution in [0.1, 0.15) is 16.7 Å². The topological polar surface area (TPSA) is 52.0 Å². The fourth-order valence-corrected chi connectivity index (χ4v) is 3.02. The van der Waals surface area contributed by atoms with Crippen molar-refractivity contribution in [2.45, 2.75) is 20.4 Å². The molecule has 3 nitrogen and oxygen atoms in total. The number of hydrogen-bond donors (Lipinski definition) is 2. The number of anilines is 2. The molecule has 9 heteroatoms. The van der Waals surface area contributed by atoms with Crippen LogP contribution in [0.5, 0.6) is 0 Å². The van der Waals surface area contributed by atoms with E-state index in [9.17, 15) is 8.78 Å². The van der Waals surface area contributed by atoms with Gasteiger partial charge in [0, 0.05) is 20.5 Å². The van der Waals surface area contributed by atoms with Crippen LogP contribution in [0.15, 0.2) is 60.7 Å². The fraction of sp³-hybridized carbons (Fsp3) is 0.250. The standard InChI is InChI=1S/C10H16N.C7H7FIN.C7H8FN.Cl2I/c1-11(2,3)9-10-7-5-4-6-8-10;1-4-2-6(9)7(10)3-5(4)8;1-5-2-3-6(9)4-7(5)8;1-3-2/h4-8H,9H2,1-3H3;2-3H,10H2,1H3;2-4H,9H2,1H3;/q+1;;;-1. The first-order valence-electron chi connectivity index (χ1n) is 9.74. The molecule has 0 aliphatic carbocycles. The van der Waals surface area contributed by atoms with Gasteiger partial charge in [-0.25, -0.2) is 8.78 Å². The van der Waals surface area contributed by atoms with Gasteiger partial charge in [0.25, 0.3) is 0 Å². The Kier molecular flexibility index (Phi) is 16.3. The zero-order chi connectivity index (χ0) is 25.6. The molecule has 0 bridgehead atoms. The molecule has 3 aromatic rings. The van der Waals surface area contributed by atoms with E-state index in [1.54, 1.807) is 32.0 Å². The van der Waals surface area contributed by atoms with Crippen molar-refractivity contribution in [1.82, 2.24) is 0 Å². The molecule has 0 fully saturated rings. The molecule has 0 radical (unpaired) electrons. The molecule has 0 heterocycles. The SMILES string of the molecule is C[N+](C)(C)Cc1ccccc1.Cc1cc(I)c(N)cc1F.Cc1ccc(N)cc1F.Cl[I-]Cl. The molecule has 33 heavy (non-hydrogen) atoms. The normalized spacial score (nSPS) is 10.1. The van der Waals surface area contributed by atoms with E-state index in [0.717, 1.165) is 14.6 Å². The van der Waals surface area contributed by atoms with Crippen LogP contribution in [-0.2, 0) is 6.54 Å². The van der Waals surface area contributed by atoms with Gasteiger partial charge in [0.2, 0.25) is 0 Å². The Morgan fingerprint density at radius 2 is 1.36 bits per heavy atom. The summed E-state index contributed by atoms with van der Waals surface area (Å²) in [7, 11) is 16.4. The zero-order valence-corrected chi connectivity index (χ0v) is 25.2. The van der Waals surface area contributed by atoms with Crippen LogP contribution in [0.25, 0.3) is 0 Å². The molecule has 0 spiro atoms. The molecule has 3 rings (SSSR count). The minimum absolute atomic E-state index is 0.238. The van der Waals surface area contributed by atoms with Crippen molar-refractivity contribution in [3.63, 3.8) is 0 Å². The molecule has 3 aromatic carbocycles. The van der Waals surface area contributed by atoms with Gasteiger partial charge in [-0.2, -0.15) is 0 Å². The predicted molar refractivity (Wildman–Crippen MR) is 144 cm³/mol. The van der Waals surface area contributed by atoms with Crippen LogP contribution in [-0.4, -0.2) is 25.6 Å². The van der Waals surface area contributed by atoms with E-state index in [2.05, 4.69) is 74.1 Å². The molecular formula is C24H31Cl2F2I2N3. The van der Waals surface area contributed by atoms with Crippen LogP contribution in [0.4, 0.5) is 20.2 Å². The molecule has 0 saturated heterocycles. The first-order chi connectivity index (χ1) is 15.3. The van der Waals surface area contributed by atoms with Gasteiger partial charge < -0.3 is 16.0 Å². The Labute approximate surface area is 227 Å². The van der Waals surface area contributed by atoms with Crippen molar-refractivity contribution in [3.05, 3.63) is 92.6 Å². The summed E-state index contributed by atoms with van der Waals surface area (Å²) in [5.41, 5.74) is 14.4. The Morgan fingerprint density at radius 3 is 1.79 bits per heavy atom. The average molecular weight is 724 g/mol. The number of nitrogens with two attached hydrogens (primary N) is 2. The monoisotopic (exact) mass is 723 g/mol. The third-order valence-electron chi connectivity index (χ3n) is 3.97. The molecule has 0 aromatic heterocycles. The molecule has 4 N–H and O–H groups in total. The second-order valence-corrected chi connectivity index (χ2v) is 12.5. The number of nitrogens with zero attached hydrogens (tertiary/aromatic N) is 1. The molecule has 0 aliphatic rings. The van der Waals surface area contributed by atoms with Gasteiger partial charge in [-0.15, -0.1) is 0 Å². The number of quaternary nitrogens is 1. The molecule has 0 aliphatic heterocycles. The van der Waals surface area contributed by atoms with Gasteiger partial charge in [0.1, 0.15) is 18.2 Å². The van der Waals surface area contributed by atoms with E-state index in [0.29, 0.717) is 22.5 Å². The van der Waals surface area contributed by atoms with Crippen molar-refractivity contribution in [2.75, 3.05) is 32.6 Å². The number of benzene rings is 3. The summed E-state index contributed by atoms with van der Waals surface area (Å²) in [6.45, 7) is 4.52. The maximum atomic E-state index is 12.7. The van der Waals surface area contributed by atoms with E-state index < -0.39 is 18.9 Å². The first-order valence-corrected chi connectivity index (χ1v) is 16.3. The first kappa shape index (κ1) is 32.1. The van der Waals surface area contributed by atoms with Crippen molar-refractivity contribution in [2.24, 2.45) is 0 Å². The van der Waals surface area contributed by atoms with Gasteiger partial charge in [0.15, 0.2) is 0 Å². The Bertz CT molecular complexity index is 920. The summed E-state index contributed by atoms with van der Waals surface area (Å²) < 4.78 is 27.1. The summed E-state index contributed by atoms with van der Waals surface area (Å²) in [6.07, 6.45) is 0. The van der Waals surface area contributed by atoms with E-state index in [1.807, 2.05) is 0 Å². The van der Waals surface area contributed by atoms with Gasteiger partial charge in [-0.3, -0.25) is 0 Å². The van der Waals surface area contributed by atoms with Crippen LogP contribution in [0, 0.1) is 29.1 Å². The molecule has 0 unspecified atom stereocenters. The Hall–Kier alpha value is -0.880. The van der Waals surface area contributed by atoms with E-state index in [4.69, 9.17) is 29.3 Å². The molecule has 0 saturated carbocycles. The Morgan fingerprint density at radius 1 is 0.848 bits per heavy atom. The van der Waals surface area contributed by atoms with Gasteiger partial charge >= 0.3 is 36.8 Å². The molecule has 0 amide bonds. The van der Waals surface area contributed by atoms with Crippen molar-refractivity contribution in [1.29, 1.82) is 0 Å². The minimum atomic E-state index is -0.466. The summed E-state index contributed by atoms with van der Waals surface area (Å²) >= 11 is 1.61. The molecule has 184 valence electrons. The fourth-order valence-electron chi connectivity index (χ4n) is 2.40. The average Bonchev–Trinajstić information content (AvgIpc) is 2.71. The number of hydrogen-bond acceptors (Lipinski definition) is 2. The third kappa shape index (κ3) is 15.6. The quantitative estimate of drug-likeness (QED) is 0.236. The Balaban J connectivity index is 0.000000440.